The van der Waals surface area contributed by atoms with E-state index < -0.39 is 0 Å². The molecular weight excluding hydrogens is 381 g/mol. The molecular formula is C15H24IN3O2. The van der Waals surface area contributed by atoms with Gasteiger partial charge >= 0.3 is 0 Å². The topological polar surface area (TPSA) is 61.0 Å². The Balaban J connectivity index is 0.00000161. The van der Waals surface area contributed by atoms with Crippen molar-refractivity contribution in [3.63, 3.8) is 0 Å². The predicted molar refractivity (Wildman–Crippen MR) is 93.1 cm³/mol. The zero-order valence-electron chi connectivity index (χ0n) is 12.2. The van der Waals surface area contributed by atoms with Crippen LogP contribution in [0.25, 0.3) is 0 Å². The molecule has 1 aliphatic heterocycles. The Morgan fingerprint density at radius 3 is 2.71 bits per heavy atom. The second-order valence-corrected chi connectivity index (χ2v) is 5.67. The third kappa shape index (κ3) is 5.18. The number of hydrogen-bond donors (Lipinski definition) is 2. The summed E-state index contributed by atoms with van der Waals surface area (Å²) in [6.07, 6.45) is 6.55. The minimum atomic E-state index is -0.142. The van der Waals surface area contributed by atoms with Gasteiger partial charge in [0.1, 0.15) is 5.76 Å². The lowest BCUT2D eigenvalue weighted by Gasteiger charge is -2.32. The Morgan fingerprint density at radius 1 is 1.33 bits per heavy atom. The lowest BCUT2D eigenvalue weighted by Crippen LogP contribution is -2.47. The average Bonchev–Trinajstić information content (AvgIpc) is 3.12. The van der Waals surface area contributed by atoms with Gasteiger partial charge in [-0.25, -0.2) is 0 Å². The van der Waals surface area contributed by atoms with Crippen LogP contribution < -0.4 is 5.32 Å². The molecule has 1 saturated heterocycles. The lowest BCUT2D eigenvalue weighted by molar-refractivity contribution is 0.108. The van der Waals surface area contributed by atoms with Crippen molar-refractivity contribution in [3.05, 3.63) is 24.2 Å². The first-order valence-corrected chi connectivity index (χ1v) is 7.57. The van der Waals surface area contributed by atoms with Gasteiger partial charge in [-0.2, -0.15) is 0 Å². The quantitative estimate of drug-likeness (QED) is 0.457. The van der Waals surface area contributed by atoms with E-state index >= 15 is 0 Å². The van der Waals surface area contributed by atoms with E-state index in [4.69, 9.17) is 9.41 Å². The Kier molecular flexibility index (Phi) is 6.35. The number of guanidine groups is 1. The van der Waals surface area contributed by atoms with Gasteiger partial charge in [-0.1, -0.05) is 0 Å². The summed E-state index contributed by atoms with van der Waals surface area (Å²) in [7, 11) is 0. The molecule has 1 aliphatic carbocycles. The minimum Gasteiger partial charge on any atom is -0.469 e. The lowest BCUT2D eigenvalue weighted by atomic mass is 10.1. The fraction of sp³-hybridized carbons (Fsp3) is 0.667. The van der Waals surface area contributed by atoms with Crippen molar-refractivity contribution in [2.24, 2.45) is 4.99 Å². The van der Waals surface area contributed by atoms with E-state index in [0.717, 1.165) is 50.6 Å². The van der Waals surface area contributed by atoms with Crippen LogP contribution in [0.5, 0.6) is 0 Å². The van der Waals surface area contributed by atoms with Gasteiger partial charge in [-0.3, -0.25) is 4.99 Å². The highest BCUT2D eigenvalue weighted by molar-refractivity contribution is 14.0. The Hall–Kier alpha value is -0.760. The number of halogens is 1. The van der Waals surface area contributed by atoms with E-state index in [2.05, 4.69) is 10.2 Å². The summed E-state index contributed by atoms with van der Waals surface area (Å²) in [6.45, 7) is 2.52. The molecule has 1 aromatic heterocycles. The number of furan rings is 1. The Labute approximate surface area is 142 Å². The average molecular weight is 405 g/mol. The maximum Gasteiger partial charge on any atom is 0.194 e. The van der Waals surface area contributed by atoms with Crippen LogP contribution in [0, 0.1) is 0 Å². The molecule has 118 valence electrons. The molecule has 0 bridgehead atoms. The number of piperidine rings is 1. The summed E-state index contributed by atoms with van der Waals surface area (Å²) in [5.41, 5.74) is 0. The van der Waals surface area contributed by atoms with Crippen molar-refractivity contribution in [2.45, 2.75) is 44.2 Å². The van der Waals surface area contributed by atoms with Crippen molar-refractivity contribution >= 4 is 29.9 Å². The molecule has 0 spiro atoms. The highest BCUT2D eigenvalue weighted by Gasteiger charge is 2.26. The molecule has 21 heavy (non-hydrogen) atoms. The second-order valence-electron chi connectivity index (χ2n) is 5.67. The molecule has 1 aromatic rings. The Morgan fingerprint density at radius 2 is 2.10 bits per heavy atom. The molecule has 0 atom stereocenters. The molecule has 0 radical (unpaired) electrons. The zero-order valence-corrected chi connectivity index (χ0v) is 14.5. The summed E-state index contributed by atoms with van der Waals surface area (Å²) in [6, 6.07) is 4.50. The van der Waals surface area contributed by atoms with Gasteiger partial charge in [-0.05, 0) is 37.8 Å². The van der Waals surface area contributed by atoms with Gasteiger partial charge in [0.2, 0.25) is 0 Å². The van der Waals surface area contributed by atoms with Crippen molar-refractivity contribution in [2.75, 3.05) is 19.6 Å². The normalized spacial score (nSPS) is 20.2. The monoisotopic (exact) mass is 405 g/mol. The summed E-state index contributed by atoms with van der Waals surface area (Å²) < 4.78 is 5.33. The van der Waals surface area contributed by atoms with Crippen LogP contribution in [-0.4, -0.2) is 47.7 Å². The molecule has 2 heterocycles. The van der Waals surface area contributed by atoms with Gasteiger partial charge in [0.25, 0.3) is 0 Å². The molecule has 6 heteroatoms. The van der Waals surface area contributed by atoms with Crippen LogP contribution in [0.15, 0.2) is 27.8 Å². The van der Waals surface area contributed by atoms with Gasteiger partial charge in [0.15, 0.2) is 5.96 Å². The number of hydrogen-bond acceptors (Lipinski definition) is 3. The van der Waals surface area contributed by atoms with Crippen LogP contribution in [0.2, 0.25) is 0 Å². The van der Waals surface area contributed by atoms with Gasteiger partial charge in [0, 0.05) is 32.1 Å². The van der Waals surface area contributed by atoms with Gasteiger partial charge in [0.05, 0.1) is 12.4 Å². The third-order valence-electron chi connectivity index (χ3n) is 3.87. The molecule has 2 N–H and O–H groups in total. The highest BCUT2D eigenvalue weighted by atomic mass is 127. The van der Waals surface area contributed by atoms with E-state index in [1.807, 2.05) is 12.1 Å². The molecule has 0 unspecified atom stereocenters. The van der Waals surface area contributed by atoms with E-state index in [0.29, 0.717) is 6.04 Å². The highest BCUT2D eigenvalue weighted by Crippen LogP contribution is 2.20. The molecule has 3 rings (SSSR count). The Bertz CT molecular complexity index is 438. The number of aliphatic imine (C=N–C) groups is 1. The number of aliphatic hydroxyl groups is 1. The molecule has 0 amide bonds. The first-order chi connectivity index (χ1) is 9.81. The van der Waals surface area contributed by atoms with Crippen molar-refractivity contribution in [3.8, 4) is 0 Å². The first kappa shape index (κ1) is 16.6. The maximum absolute atomic E-state index is 9.60. The molecule has 2 fully saturated rings. The summed E-state index contributed by atoms with van der Waals surface area (Å²) in [5, 5.41) is 13.1. The van der Waals surface area contributed by atoms with Crippen molar-refractivity contribution in [1.29, 1.82) is 0 Å². The second kappa shape index (κ2) is 8.03. The largest absolute Gasteiger partial charge is 0.469 e. The van der Waals surface area contributed by atoms with Gasteiger partial charge < -0.3 is 19.7 Å². The van der Waals surface area contributed by atoms with E-state index in [-0.39, 0.29) is 30.1 Å². The van der Waals surface area contributed by atoms with Crippen LogP contribution in [0.4, 0.5) is 0 Å². The molecule has 1 saturated carbocycles. The van der Waals surface area contributed by atoms with Crippen LogP contribution in [0.3, 0.4) is 0 Å². The molecule has 5 nitrogen and oxygen atoms in total. The summed E-state index contributed by atoms with van der Waals surface area (Å²) in [5.74, 6) is 1.99. The standard InChI is InChI=1S/C15H23N3O2.HI/c19-13-6-9-18(10-7-13)15(17-12-3-4-12)16-8-5-14-2-1-11-20-14;/h1-2,11-13,19H,3-10H2,(H,16,17);1H. The SMILES string of the molecule is I.OC1CCN(C(=NCCc2ccco2)NC2CC2)CC1. The smallest absolute Gasteiger partial charge is 0.194 e. The third-order valence-corrected chi connectivity index (χ3v) is 3.87. The molecule has 2 aliphatic rings. The number of likely N-dealkylation sites (tertiary alicyclic amines) is 1. The van der Waals surface area contributed by atoms with E-state index in [1.54, 1.807) is 6.26 Å². The van der Waals surface area contributed by atoms with Crippen LogP contribution in [-0.2, 0) is 6.42 Å². The number of nitrogens with zero attached hydrogens (tertiary/aromatic N) is 2. The minimum absolute atomic E-state index is 0. The van der Waals surface area contributed by atoms with Crippen molar-refractivity contribution in [1.82, 2.24) is 10.2 Å². The maximum atomic E-state index is 9.60. The number of aliphatic hydroxyl groups excluding tert-OH is 1. The van der Waals surface area contributed by atoms with Crippen LogP contribution >= 0.6 is 24.0 Å². The number of nitrogens with one attached hydrogen (secondary N) is 1. The van der Waals surface area contributed by atoms with Crippen LogP contribution in [0.1, 0.15) is 31.4 Å². The van der Waals surface area contributed by atoms with E-state index in [1.165, 1.54) is 12.8 Å². The van der Waals surface area contributed by atoms with Crippen molar-refractivity contribution < 1.29 is 9.52 Å². The first-order valence-electron chi connectivity index (χ1n) is 7.57. The zero-order chi connectivity index (χ0) is 13.8. The van der Waals surface area contributed by atoms with Gasteiger partial charge in [-0.15, -0.1) is 24.0 Å². The molecule has 0 aromatic carbocycles. The predicted octanol–water partition coefficient (Wildman–Crippen LogP) is 2.00. The summed E-state index contributed by atoms with van der Waals surface area (Å²) in [4.78, 5) is 6.99. The van der Waals surface area contributed by atoms with E-state index in [9.17, 15) is 5.11 Å². The fourth-order valence-electron chi connectivity index (χ4n) is 2.45. The number of rotatable bonds is 4. The fourth-order valence-corrected chi connectivity index (χ4v) is 2.45. The summed E-state index contributed by atoms with van der Waals surface area (Å²) >= 11 is 0.